The summed E-state index contributed by atoms with van der Waals surface area (Å²) in [6.45, 7) is 2.43. The number of carbonyl (C=O) groups is 2. The second kappa shape index (κ2) is 10.2. The highest BCUT2D eigenvalue weighted by molar-refractivity contribution is 8.00. The van der Waals surface area contributed by atoms with E-state index in [-0.39, 0.29) is 24.6 Å². The summed E-state index contributed by atoms with van der Waals surface area (Å²) < 4.78 is 14.6. The first-order chi connectivity index (χ1) is 14.0. The van der Waals surface area contributed by atoms with E-state index < -0.39 is 11.7 Å². The molecule has 3 rings (SSSR count). The molecule has 0 fully saturated rings. The molecule has 29 heavy (non-hydrogen) atoms. The van der Waals surface area contributed by atoms with Crippen LogP contribution >= 0.6 is 23.1 Å². The van der Waals surface area contributed by atoms with Gasteiger partial charge < -0.3 is 10.6 Å². The normalized spacial score (nSPS) is 10.6. The van der Waals surface area contributed by atoms with E-state index in [1.54, 1.807) is 41.3 Å². The van der Waals surface area contributed by atoms with Crippen molar-refractivity contribution in [2.45, 2.75) is 17.0 Å². The van der Waals surface area contributed by atoms with Crippen LogP contribution in [0.3, 0.4) is 0 Å². The van der Waals surface area contributed by atoms with Crippen LogP contribution in [-0.2, 0) is 5.75 Å². The smallest absolute Gasteiger partial charge is 0.254 e. The van der Waals surface area contributed by atoms with E-state index in [0.717, 1.165) is 21.3 Å². The Kier molecular flexibility index (Phi) is 7.37. The molecule has 2 N–H and O–H groups in total. The van der Waals surface area contributed by atoms with Crippen LogP contribution in [0, 0.1) is 12.7 Å². The first-order valence-corrected chi connectivity index (χ1v) is 10.8. The number of amides is 2. The molecule has 2 amide bonds. The van der Waals surface area contributed by atoms with E-state index in [4.69, 9.17) is 0 Å². The number of carbonyl (C=O) groups excluding carboxylic acids is 2. The molecular weight excluding hydrogens is 409 g/mol. The van der Waals surface area contributed by atoms with Crippen LogP contribution in [0.25, 0.3) is 0 Å². The third kappa shape index (κ3) is 6.13. The van der Waals surface area contributed by atoms with Gasteiger partial charge in [0.15, 0.2) is 0 Å². The average Bonchev–Trinajstić information content (AvgIpc) is 3.15. The lowest BCUT2D eigenvalue weighted by Crippen LogP contribution is -2.35. The van der Waals surface area contributed by atoms with Gasteiger partial charge in [-0.25, -0.2) is 9.37 Å². The Hall–Kier alpha value is -2.71. The first kappa shape index (κ1) is 21.0. The summed E-state index contributed by atoms with van der Waals surface area (Å²) in [5, 5.41) is 7.35. The number of rotatable bonds is 8. The number of hydrogen-bond donors (Lipinski definition) is 2. The zero-order chi connectivity index (χ0) is 20.6. The van der Waals surface area contributed by atoms with E-state index in [2.05, 4.69) is 15.6 Å². The summed E-state index contributed by atoms with van der Waals surface area (Å²) in [7, 11) is 0. The number of thiazole rings is 1. The van der Waals surface area contributed by atoms with E-state index in [1.807, 2.05) is 24.4 Å². The van der Waals surface area contributed by atoms with Crippen molar-refractivity contribution in [2.75, 3.05) is 13.1 Å². The fourth-order valence-electron chi connectivity index (χ4n) is 2.49. The number of nitrogens with one attached hydrogen (secondary N) is 2. The van der Waals surface area contributed by atoms with Crippen molar-refractivity contribution in [2.24, 2.45) is 0 Å². The number of aromatic nitrogens is 1. The minimum Gasteiger partial charge on any atom is -0.350 e. The van der Waals surface area contributed by atoms with Crippen molar-refractivity contribution in [1.82, 2.24) is 15.6 Å². The van der Waals surface area contributed by atoms with Gasteiger partial charge in [-0.2, -0.15) is 0 Å². The summed E-state index contributed by atoms with van der Waals surface area (Å²) in [4.78, 5) is 28.5. The van der Waals surface area contributed by atoms with Crippen molar-refractivity contribution in [3.05, 3.63) is 82.1 Å². The van der Waals surface area contributed by atoms with E-state index in [0.29, 0.717) is 5.56 Å². The van der Waals surface area contributed by atoms with Crippen LogP contribution in [0.4, 0.5) is 4.39 Å². The fraction of sp³-hybridized carbons (Fsp3) is 0.190. The Balaban J connectivity index is 1.41. The van der Waals surface area contributed by atoms with Crippen LogP contribution in [0.1, 0.15) is 32.0 Å². The van der Waals surface area contributed by atoms with E-state index in [1.165, 1.54) is 18.2 Å². The van der Waals surface area contributed by atoms with E-state index >= 15 is 0 Å². The number of halogens is 1. The highest BCUT2D eigenvalue weighted by Crippen LogP contribution is 2.26. The number of nitrogens with zero attached hydrogens (tertiary/aromatic N) is 1. The van der Waals surface area contributed by atoms with Crippen LogP contribution < -0.4 is 10.6 Å². The molecule has 0 aliphatic carbocycles. The molecular formula is C21H20FN3O2S2. The molecule has 0 bridgehead atoms. The van der Waals surface area contributed by atoms with Crippen molar-refractivity contribution < 1.29 is 14.0 Å². The summed E-state index contributed by atoms with van der Waals surface area (Å²) in [5.41, 5.74) is 2.66. The number of hydrogen-bond acceptors (Lipinski definition) is 5. The zero-order valence-electron chi connectivity index (χ0n) is 15.8. The van der Waals surface area contributed by atoms with Crippen molar-refractivity contribution in [3.63, 3.8) is 0 Å². The van der Waals surface area contributed by atoms with Gasteiger partial charge in [-0.15, -0.1) is 11.3 Å². The summed E-state index contributed by atoms with van der Waals surface area (Å²) in [6, 6.07) is 13.2. The van der Waals surface area contributed by atoms with Gasteiger partial charge >= 0.3 is 0 Å². The molecule has 0 radical (unpaired) electrons. The van der Waals surface area contributed by atoms with Crippen molar-refractivity contribution >= 4 is 34.9 Å². The predicted octanol–water partition coefficient (Wildman–Crippen LogP) is 4.04. The lowest BCUT2D eigenvalue weighted by molar-refractivity contribution is 0.0925. The van der Waals surface area contributed by atoms with Crippen LogP contribution in [0.5, 0.6) is 0 Å². The van der Waals surface area contributed by atoms with Gasteiger partial charge in [-0.1, -0.05) is 36.0 Å². The Morgan fingerprint density at radius 2 is 1.72 bits per heavy atom. The minimum absolute atomic E-state index is 0.0137. The lowest BCUT2D eigenvalue weighted by Gasteiger charge is -2.08. The maximum atomic E-state index is 13.5. The number of aryl methyl sites for hydroxylation is 1. The maximum Gasteiger partial charge on any atom is 0.254 e. The molecule has 3 aromatic rings. The average molecular weight is 430 g/mol. The van der Waals surface area contributed by atoms with Crippen molar-refractivity contribution in [3.8, 4) is 0 Å². The third-order valence-corrected chi connectivity index (χ3v) is 6.20. The number of thioether (sulfide) groups is 1. The van der Waals surface area contributed by atoms with Crippen molar-refractivity contribution in [1.29, 1.82) is 0 Å². The quantitative estimate of drug-likeness (QED) is 0.419. The topological polar surface area (TPSA) is 71.1 Å². The van der Waals surface area contributed by atoms with Gasteiger partial charge in [0.1, 0.15) is 10.2 Å². The van der Waals surface area contributed by atoms with Gasteiger partial charge in [0.25, 0.3) is 11.8 Å². The molecule has 5 nitrogen and oxygen atoms in total. The molecule has 0 saturated heterocycles. The standard InChI is InChI=1S/C21H20FN3O2S2/c1-14-12-28-21(25-14)29-13-15-6-8-16(9-7-15)19(26)23-10-11-24-20(27)17-4-2-3-5-18(17)22/h2-9,12H,10-11,13H2,1H3,(H,23,26)(H,24,27). The molecule has 150 valence electrons. The molecule has 1 aromatic heterocycles. The molecule has 0 aliphatic rings. The van der Waals surface area contributed by atoms with Gasteiger partial charge in [-0.3, -0.25) is 9.59 Å². The SMILES string of the molecule is Cc1csc(SCc2ccc(C(=O)NCCNC(=O)c3ccccc3F)cc2)n1. The second-order valence-electron chi connectivity index (χ2n) is 6.23. The van der Waals surface area contributed by atoms with Gasteiger partial charge in [0.05, 0.1) is 5.56 Å². The fourth-order valence-corrected chi connectivity index (χ4v) is 4.30. The molecule has 2 aromatic carbocycles. The Morgan fingerprint density at radius 1 is 1.03 bits per heavy atom. The summed E-state index contributed by atoms with van der Waals surface area (Å²) in [6.07, 6.45) is 0. The van der Waals surface area contributed by atoms with Crippen LogP contribution in [0.15, 0.2) is 58.3 Å². The molecule has 0 aliphatic heterocycles. The maximum absolute atomic E-state index is 13.5. The lowest BCUT2D eigenvalue weighted by atomic mass is 10.1. The molecule has 1 heterocycles. The monoisotopic (exact) mass is 429 g/mol. The highest BCUT2D eigenvalue weighted by atomic mass is 32.2. The molecule has 0 saturated carbocycles. The molecule has 8 heteroatoms. The van der Waals surface area contributed by atoms with Gasteiger partial charge in [0.2, 0.25) is 0 Å². The van der Waals surface area contributed by atoms with Gasteiger partial charge in [0, 0.05) is 35.5 Å². The predicted molar refractivity (Wildman–Crippen MR) is 114 cm³/mol. The van der Waals surface area contributed by atoms with E-state index in [9.17, 15) is 14.0 Å². The largest absolute Gasteiger partial charge is 0.350 e. The molecule has 0 unspecified atom stereocenters. The third-order valence-electron chi connectivity index (χ3n) is 3.99. The summed E-state index contributed by atoms with van der Waals surface area (Å²) >= 11 is 3.29. The number of benzene rings is 2. The summed E-state index contributed by atoms with van der Waals surface area (Å²) in [5.74, 6) is -0.511. The minimum atomic E-state index is -0.572. The Bertz CT molecular complexity index is 990. The van der Waals surface area contributed by atoms with Crippen LogP contribution in [0.2, 0.25) is 0 Å². The van der Waals surface area contributed by atoms with Crippen LogP contribution in [-0.4, -0.2) is 29.9 Å². The van der Waals surface area contributed by atoms with Gasteiger partial charge in [-0.05, 0) is 36.8 Å². The first-order valence-electron chi connectivity index (χ1n) is 8.98. The Morgan fingerprint density at radius 3 is 2.38 bits per heavy atom. The second-order valence-corrected chi connectivity index (χ2v) is 8.31. The Labute approximate surface area is 176 Å². The zero-order valence-corrected chi connectivity index (χ0v) is 17.4. The molecule has 0 spiro atoms. The molecule has 0 atom stereocenters. The highest BCUT2D eigenvalue weighted by Gasteiger charge is 2.10.